The van der Waals surface area contributed by atoms with Crippen molar-refractivity contribution in [2.45, 2.75) is 44.8 Å². The molecule has 0 spiro atoms. The summed E-state index contributed by atoms with van der Waals surface area (Å²) in [6.45, 7) is 7.20. The fourth-order valence-corrected chi connectivity index (χ4v) is 2.57. The Kier molecular flexibility index (Phi) is 5.16. The van der Waals surface area contributed by atoms with Crippen molar-refractivity contribution in [2.75, 3.05) is 18.9 Å². The van der Waals surface area contributed by atoms with E-state index >= 15 is 0 Å². The highest BCUT2D eigenvalue weighted by Crippen LogP contribution is 2.42. The summed E-state index contributed by atoms with van der Waals surface area (Å²) in [4.78, 5) is 0. The van der Waals surface area contributed by atoms with Crippen molar-refractivity contribution in [2.24, 2.45) is 5.41 Å². The third-order valence-electron chi connectivity index (χ3n) is 3.30. The molecule has 0 aromatic carbocycles. The first-order chi connectivity index (χ1) is 7.77. The first-order valence-electron chi connectivity index (χ1n) is 5.83. The Bertz CT molecular complexity index is 245. The van der Waals surface area contributed by atoms with Gasteiger partial charge in [-0.15, -0.1) is 0 Å². The molecule has 1 aliphatic carbocycles. The molecule has 17 heavy (non-hydrogen) atoms. The van der Waals surface area contributed by atoms with Gasteiger partial charge < -0.3 is 10.1 Å². The van der Waals surface area contributed by atoms with Crippen molar-refractivity contribution in [3.8, 4) is 0 Å². The number of hydrogen-bond acceptors (Lipinski definition) is 3. The van der Waals surface area contributed by atoms with Gasteiger partial charge in [-0.2, -0.15) is 13.2 Å². The Balaban J connectivity index is 2.18. The topological polar surface area (TPSA) is 21.3 Å². The van der Waals surface area contributed by atoms with Gasteiger partial charge in [0.2, 0.25) is 0 Å². The lowest BCUT2D eigenvalue weighted by atomic mass is 9.64. The van der Waals surface area contributed by atoms with Crippen LogP contribution in [0.4, 0.5) is 13.2 Å². The number of thioether (sulfide) groups is 1. The van der Waals surface area contributed by atoms with Crippen LogP contribution in [-0.4, -0.2) is 36.6 Å². The van der Waals surface area contributed by atoms with E-state index in [-0.39, 0.29) is 35.1 Å². The second-order valence-electron chi connectivity index (χ2n) is 4.80. The van der Waals surface area contributed by atoms with Gasteiger partial charge in [0.15, 0.2) is 0 Å². The van der Waals surface area contributed by atoms with Crippen LogP contribution in [0.1, 0.15) is 27.2 Å². The minimum absolute atomic E-state index is 0.0128. The van der Waals surface area contributed by atoms with Crippen LogP contribution < -0.4 is 5.32 Å². The van der Waals surface area contributed by atoms with E-state index in [2.05, 4.69) is 19.2 Å². The van der Waals surface area contributed by atoms with Crippen molar-refractivity contribution in [3.05, 3.63) is 0 Å². The molecule has 0 aromatic heterocycles. The van der Waals surface area contributed by atoms with Crippen LogP contribution in [0, 0.1) is 5.41 Å². The van der Waals surface area contributed by atoms with Crippen LogP contribution in [0.2, 0.25) is 0 Å². The Hall–Kier alpha value is 0.0600. The maximum Gasteiger partial charge on any atom is 0.441 e. The molecule has 0 aromatic rings. The number of halogens is 3. The molecule has 102 valence electrons. The molecule has 0 aliphatic heterocycles. The zero-order chi connectivity index (χ0) is 13.1. The van der Waals surface area contributed by atoms with Gasteiger partial charge in [0, 0.05) is 30.4 Å². The molecule has 2 atom stereocenters. The minimum atomic E-state index is -4.12. The lowest BCUT2D eigenvalue weighted by Crippen LogP contribution is -2.61. The van der Waals surface area contributed by atoms with E-state index in [0.29, 0.717) is 13.2 Å². The molecule has 6 heteroatoms. The lowest BCUT2D eigenvalue weighted by molar-refractivity contribution is -0.113. The standard InChI is InChI=1S/C11H20F3NOS/c1-4-16-9-7-8(10(9,2)3)15-5-6-17-11(12,13)14/h8-9,15H,4-7H2,1-3H3. The van der Waals surface area contributed by atoms with E-state index in [9.17, 15) is 13.2 Å². The van der Waals surface area contributed by atoms with E-state index in [1.54, 1.807) is 0 Å². The normalized spacial score (nSPS) is 27.9. The van der Waals surface area contributed by atoms with Crippen LogP contribution in [0.5, 0.6) is 0 Å². The summed E-state index contributed by atoms with van der Waals surface area (Å²) in [7, 11) is 0. The van der Waals surface area contributed by atoms with Crippen molar-refractivity contribution >= 4 is 11.8 Å². The molecule has 0 saturated heterocycles. The fraction of sp³-hybridized carbons (Fsp3) is 1.00. The van der Waals surface area contributed by atoms with Crippen LogP contribution in [-0.2, 0) is 4.74 Å². The van der Waals surface area contributed by atoms with E-state index < -0.39 is 5.51 Å². The number of rotatable bonds is 6. The summed E-state index contributed by atoms with van der Waals surface area (Å²) in [5.41, 5.74) is -4.11. The number of alkyl halides is 3. The van der Waals surface area contributed by atoms with E-state index in [4.69, 9.17) is 4.74 Å². The predicted octanol–water partition coefficient (Wildman–Crippen LogP) is 3.03. The summed E-state index contributed by atoms with van der Waals surface area (Å²) >= 11 is 0.0276. The highest BCUT2D eigenvalue weighted by atomic mass is 32.2. The molecule has 0 amide bonds. The molecular weight excluding hydrogens is 251 g/mol. The maximum absolute atomic E-state index is 11.9. The summed E-state index contributed by atoms with van der Waals surface area (Å²) in [6, 6.07) is 0.257. The van der Waals surface area contributed by atoms with E-state index in [1.807, 2.05) is 6.92 Å². The van der Waals surface area contributed by atoms with Crippen LogP contribution in [0.25, 0.3) is 0 Å². The molecule has 2 unspecified atom stereocenters. The van der Waals surface area contributed by atoms with E-state index in [1.165, 1.54) is 0 Å². The molecule has 1 fully saturated rings. The number of ether oxygens (including phenoxy) is 1. The minimum Gasteiger partial charge on any atom is -0.378 e. The number of hydrogen-bond donors (Lipinski definition) is 1. The van der Waals surface area contributed by atoms with Gasteiger partial charge in [-0.25, -0.2) is 0 Å². The molecule has 0 heterocycles. The summed E-state index contributed by atoms with van der Waals surface area (Å²) < 4.78 is 41.3. The van der Waals surface area contributed by atoms with Crippen molar-refractivity contribution in [1.82, 2.24) is 5.32 Å². The van der Waals surface area contributed by atoms with Crippen molar-refractivity contribution < 1.29 is 17.9 Å². The smallest absolute Gasteiger partial charge is 0.378 e. The van der Waals surface area contributed by atoms with Gasteiger partial charge >= 0.3 is 5.51 Å². The summed E-state index contributed by atoms with van der Waals surface area (Å²) in [5, 5.41) is 3.17. The molecule has 2 nitrogen and oxygen atoms in total. The van der Waals surface area contributed by atoms with Crippen LogP contribution in [0.15, 0.2) is 0 Å². The Morgan fingerprint density at radius 2 is 2.06 bits per heavy atom. The number of nitrogens with one attached hydrogen (secondary N) is 1. The average molecular weight is 271 g/mol. The second-order valence-corrected chi connectivity index (χ2v) is 5.96. The maximum atomic E-state index is 11.9. The lowest BCUT2D eigenvalue weighted by Gasteiger charge is -2.52. The first kappa shape index (κ1) is 15.1. The van der Waals surface area contributed by atoms with Gasteiger partial charge in [0.25, 0.3) is 0 Å². The first-order valence-corrected chi connectivity index (χ1v) is 6.81. The monoisotopic (exact) mass is 271 g/mol. The van der Waals surface area contributed by atoms with Crippen molar-refractivity contribution in [1.29, 1.82) is 0 Å². The quantitative estimate of drug-likeness (QED) is 0.750. The van der Waals surface area contributed by atoms with E-state index in [0.717, 1.165) is 6.42 Å². The van der Waals surface area contributed by atoms with Gasteiger partial charge in [0.1, 0.15) is 0 Å². The summed E-state index contributed by atoms with van der Waals surface area (Å²) in [5.74, 6) is 0.0649. The molecule has 0 radical (unpaired) electrons. The molecule has 1 aliphatic rings. The zero-order valence-electron chi connectivity index (χ0n) is 10.4. The highest BCUT2D eigenvalue weighted by molar-refractivity contribution is 8.00. The Morgan fingerprint density at radius 1 is 1.41 bits per heavy atom. The predicted molar refractivity (Wildman–Crippen MR) is 64.1 cm³/mol. The fourth-order valence-electron chi connectivity index (χ4n) is 2.12. The molecule has 1 saturated carbocycles. The SMILES string of the molecule is CCOC1CC(NCCSC(F)(F)F)C1(C)C. The van der Waals surface area contributed by atoms with Gasteiger partial charge in [-0.05, 0) is 25.1 Å². The molecule has 1 rings (SSSR count). The third kappa shape index (κ3) is 4.34. The van der Waals surface area contributed by atoms with Crippen LogP contribution >= 0.6 is 11.8 Å². The average Bonchev–Trinajstić information content (AvgIpc) is 2.19. The van der Waals surface area contributed by atoms with Gasteiger partial charge in [-0.3, -0.25) is 0 Å². The zero-order valence-corrected chi connectivity index (χ0v) is 11.3. The van der Waals surface area contributed by atoms with Crippen LogP contribution in [0.3, 0.4) is 0 Å². The molecule has 0 bridgehead atoms. The Labute approximate surface area is 105 Å². The second kappa shape index (κ2) is 5.80. The largest absolute Gasteiger partial charge is 0.441 e. The van der Waals surface area contributed by atoms with Gasteiger partial charge in [0.05, 0.1) is 6.10 Å². The summed E-state index contributed by atoms with van der Waals surface area (Å²) in [6.07, 6.45) is 1.11. The molecular formula is C11H20F3NOS. The van der Waals surface area contributed by atoms with Gasteiger partial charge in [-0.1, -0.05) is 13.8 Å². The van der Waals surface area contributed by atoms with Crippen molar-refractivity contribution in [3.63, 3.8) is 0 Å². The Morgan fingerprint density at radius 3 is 2.53 bits per heavy atom. The third-order valence-corrected chi connectivity index (χ3v) is 4.04. The highest BCUT2D eigenvalue weighted by Gasteiger charge is 2.48. The molecule has 1 N–H and O–H groups in total.